The second-order valence-electron chi connectivity index (χ2n) is 7.31. The summed E-state index contributed by atoms with van der Waals surface area (Å²) in [4.78, 5) is 13.9. The number of likely N-dealkylation sites (tertiary alicyclic amines) is 1. The second kappa shape index (κ2) is 7.72. The number of nitrogens with two attached hydrogens (primary N) is 1. The van der Waals surface area contributed by atoms with Gasteiger partial charge in [-0.2, -0.15) is 0 Å². The zero-order chi connectivity index (χ0) is 18.7. The van der Waals surface area contributed by atoms with E-state index in [0.717, 1.165) is 18.4 Å². The molecule has 1 aliphatic heterocycles. The van der Waals surface area contributed by atoms with Crippen LogP contribution in [0.2, 0.25) is 0 Å². The number of amides is 1. The number of benzene rings is 1. The Bertz CT molecular complexity index is 705. The smallest absolute Gasteiger partial charge is 0.410 e. The van der Waals surface area contributed by atoms with Crippen molar-refractivity contribution in [2.75, 3.05) is 13.1 Å². The van der Waals surface area contributed by atoms with Crippen molar-refractivity contribution in [1.29, 1.82) is 0 Å². The van der Waals surface area contributed by atoms with Crippen LogP contribution in [0.4, 0.5) is 4.79 Å². The van der Waals surface area contributed by atoms with E-state index in [-0.39, 0.29) is 17.0 Å². The summed E-state index contributed by atoms with van der Waals surface area (Å²) < 4.78 is 28.2. The van der Waals surface area contributed by atoms with Crippen LogP contribution in [0.25, 0.3) is 0 Å². The molecule has 0 spiro atoms. The lowest BCUT2D eigenvalue weighted by molar-refractivity contribution is 0.0198. The van der Waals surface area contributed by atoms with Gasteiger partial charge < -0.3 is 15.0 Å². The minimum Gasteiger partial charge on any atom is -0.444 e. The summed E-state index contributed by atoms with van der Waals surface area (Å²) in [5.74, 6) is 0. The van der Waals surface area contributed by atoms with Gasteiger partial charge in [-0.25, -0.2) is 18.4 Å². The van der Waals surface area contributed by atoms with Gasteiger partial charge >= 0.3 is 6.09 Å². The molecule has 0 aliphatic carbocycles. The molecular weight excluding hydrogens is 342 g/mol. The summed E-state index contributed by atoms with van der Waals surface area (Å²) in [6.07, 6.45) is 1.38. The van der Waals surface area contributed by atoms with Crippen LogP contribution in [0, 0.1) is 0 Å². The molecule has 1 aromatic rings. The van der Waals surface area contributed by atoms with Gasteiger partial charge in [-0.15, -0.1) is 0 Å². The second-order valence-corrected chi connectivity index (χ2v) is 8.88. The van der Waals surface area contributed by atoms with E-state index in [9.17, 15) is 13.2 Å². The molecule has 1 fully saturated rings. The van der Waals surface area contributed by atoms with Crippen molar-refractivity contribution in [3.8, 4) is 0 Å². The predicted octanol–water partition coefficient (Wildman–Crippen LogP) is 1.82. The molecule has 0 atom stereocenters. The van der Waals surface area contributed by atoms with Crippen LogP contribution in [0.15, 0.2) is 29.2 Å². The first-order valence-corrected chi connectivity index (χ1v) is 9.92. The molecule has 7 nitrogen and oxygen atoms in total. The number of carbonyl (C=O) groups is 1. The summed E-state index contributed by atoms with van der Waals surface area (Å²) >= 11 is 0. The van der Waals surface area contributed by atoms with Crippen LogP contribution >= 0.6 is 0 Å². The predicted molar refractivity (Wildman–Crippen MR) is 95.5 cm³/mol. The first-order valence-electron chi connectivity index (χ1n) is 8.38. The van der Waals surface area contributed by atoms with E-state index in [0.29, 0.717) is 19.6 Å². The number of carbonyl (C=O) groups excluding carboxylic acids is 1. The Morgan fingerprint density at radius 3 is 2.52 bits per heavy atom. The van der Waals surface area contributed by atoms with Crippen molar-refractivity contribution in [2.45, 2.75) is 56.7 Å². The fraction of sp³-hybridized carbons (Fsp3) is 0.588. The summed E-state index contributed by atoms with van der Waals surface area (Å²) in [5, 5.41) is 8.56. The maximum Gasteiger partial charge on any atom is 0.410 e. The standard InChI is InChI=1S/C17H27N3O4S/c1-17(2,3)24-16(21)20-9-7-14(8-10-20)19-12-13-5-4-6-15(11-13)25(18,22)23/h4-6,11,14,19H,7-10,12H2,1-3H3,(H2,18,22,23). The number of primary sulfonamides is 1. The highest BCUT2D eigenvalue weighted by atomic mass is 32.2. The molecule has 0 bridgehead atoms. The number of hydrogen-bond acceptors (Lipinski definition) is 5. The van der Waals surface area contributed by atoms with Crippen molar-refractivity contribution < 1.29 is 17.9 Å². The number of rotatable bonds is 4. The first-order chi connectivity index (χ1) is 11.5. The normalized spacial score (nSPS) is 16.7. The molecule has 1 saturated heterocycles. The van der Waals surface area contributed by atoms with Gasteiger partial charge in [0.05, 0.1) is 4.90 Å². The molecule has 1 aliphatic rings. The topological polar surface area (TPSA) is 102 Å². The van der Waals surface area contributed by atoms with Crippen molar-refractivity contribution in [3.05, 3.63) is 29.8 Å². The van der Waals surface area contributed by atoms with Crippen LogP contribution in [-0.4, -0.2) is 44.1 Å². The molecule has 1 heterocycles. The summed E-state index contributed by atoms with van der Waals surface area (Å²) in [6.45, 7) is 7.41. The molecule has 1 aromatic carbocycles. The van der Waals surface area contributed by atoms with Crippen LogP contribution in [-0.2, 0) is 21.3 Å². The van der Waals surface area contributed by atoms with Gasteiger partial charge in [0.2, 0.25) is 10.0 Å². The van der Waals surface area contributed by atoms with E-state index in [4.69, 9.17) is 9.88 Å². The molecule has 0 radical (unpaired) electrons. The number of ether oxygens (including phenoxy) is 1. The van der Waals surface area contributed by atoms with Crippen LogP contribution in [0.3, 0.4) is 0 Å². The Morgan fingerprint density at radius 2 is 1.96 bits per heavy atom. The van der Waals surface area contributed by atoms with E-state index >= 15 is 0 Å². The molecule has 0 saturated carbocycles. The summed E-state index contributed by atoms with van der Waals surface area (Å²) in [6, 6.07) is 6.88. The zero-order valence-corrected chi connectivity index (χ0v) is 15.8. The molecule has 0 aromatic heterocycles. The molecule has 25 heavy (non-hydrogen) atoms. The number of piperidine rings is 1. The number of sulfonamides is 1. The average Bonchev–Trinajstić information content (AvgIpc) is 2.51. The van der Waals surface area contributed by atoms with Gasteiger partial charge in [0.1, 0.15) is 5.60 Å². The van der Waals surface area contributed by atoms with Gasteiger partial charge in [0.15, 0.2) is 0 Å². The maximum absolute atomic E-state index is 12.0. The van der Waals surface area contributed by atoms with Gasteiger partial charge in [-0.05, 0) is 51.3 Å². The number of nitrogens with zero attached hydrogens (tertiary/aromatic N) is 1. The van der Waals surface area contributed by atoms with Crippen LogP contribution < -0.4 is 10.5 Å². The third-order valence-corrected chi connectivity index (χ3v) is 4.88. The van der Waals surface area contributed by atoms with Crippen molar-refractivity contribution in [3.63, 3.8) is 0 Å². The molecule has 2 rings (SSSR count). The fourth-order valence-electron chi connectivity index (χ4n) is 2.69. The molecule has 8 heteroatoms. The zero-order valence-electron chi connectivity index (χ0n) is 15.0. The lowest BCUT2D eigenvalue weighted by Crippen LogP contribution is -2.46. The molecule has 1 amide bonds. The Kier molecular flexibility index (Phi) is 6.08. The highest BCUT2D eigenvalue weighted by molar-refractivity contribution is 7.89. The fourth-order valence-corrected chi connectivity index (χ4v) is 3.27. The monoisotopic (exact) mass is 369 g/mol. The lowest BCUT2D eigenvalue weighted by atomic mass is 10.0. The van der Waals surface area contributed by atoms with E-state index in [1.165, 1.54) is 6.07 Å². The molecular formula is C17H27N3O4S. The van der Waals surface area contributed by atoms with E-state index in [1.54, 1.807) is 17.0 Å². The molecule has 3 N–H and O–H groups in total. The first kappa shape index (κ1) is 19.7. The van der Waals surface area contributed by atoms with Crippen LogP contribution in [0.1, 0.15) is 39.2 Å². The highest BCUT2D eigenvalue weighted by Gasteiger charge is 2.26. The average molecular weight is 369 g/mol. The van der Waals surface area contributed by atoms with Gasteiger partial charge in [-0.3, -0.25) is 0 Å². The Hall–Kier alpha value is -1.64. The Morgan fingerprint density at radius 1 is 1.32 bits per heavy atom. The third-order valence-electron chi connectivity index (χ3n) is 3.97. The minimum atomic E-state index is -3.69. The minimum absolute atomic E-state index is 0.117. The molecule has 0 unspecified atom stereocenters. The SMILES string of the molecule is CC(C)(C)OC(=O)N1CCC(NCc2cccc(S(N)(=O)=O)c2)CC1. The van der Waals surface area contributed by atoms with E-state index < -0.39 is 15.6 Å². The molecule has 140 valence electrons. The maximum atomic E-state index is 12.0. The van der Waals surface area contributed by atoms with Gasteiger partial charge in [0.25, 0.3) is 0 Å². The van der Waals surface area contributed by atoms with Gasteiger partial charge in [0, 0.05) is 25.7 Å². The number of hydrogen-bond donors (Lipinski definition) is 2. The van der Waals surface area contributed by atoms with Crippen LogP contribution in [0.5, 0.6) is 0 Å². The van der Waals surface area contributed by atoms with Crippen molar-refractivity contribution >= 4 is 16.1 Å². The third kappa shape index (κ3) is 6.30. The highest BCUT2D eigenvalue weighted by Crippen LogP contribution is 2.16. The van der Waals surface area contributed by atoms with E-state index in [1.807, 2.05) is 26.8 Å². The van der Waals surface area contributed by atoms with Crippen molar-refractivity contribution in [1.82, 2.24) is 10.2 Å². The lowest BCUT2D eigenvalue weighted by Gasteiger charge is -2.33. The van der Waals surface area contributed by atoms with E-state index in [2.05, 4.69) is 5.32 Å². The van der Waals surface area contributed by atoms with Crippen molar-refractivity contribution in [2.24, 2.45) is 5.14 Å². The Labute approximate surface area is 149 Å². The number of nitrogens with one attached hydrogen (secondary N) is 1. The quantitative estimate of drug-likeness (QED) is 0.843. The van der Waals surface area contributed by atoms with Gasteiger partial charge in [-0.1, -0.05) is 12.1 Å². The summed E-state index contributed by atoms with van der Waals surface area (Å²) in [5.41, 5.74) is 0.377. The largest absolute Gasteiger partial charge is 0.444 e. The Balaban J connectivity index is 1.82. The summed E-state index contributed by atoms with van der Waals surface area (Å²) in [7, 11) is -3.69.